The normalized spacial score (nSPS) is 15.1. The Morgan fingerprint density at radius 2 is 2.00 bits per heavy atom. The van der Waals surface area contributed by atoms with E-state index < -0.39 is 35.3 Å². The lowest BCUT2D eigenvalue weighted by molar-refractivity contribution is -0.402. The Kier molecular flexibility index (Phi) is 6.59. The molecule has 0 bridgehead atoms. The van der Waals surface area contributed by atoms with Gasteiger partial charge in [-0.1, -0.05) is 12.1 Å². The summed E-state index contributed by atoms with van der Waals surface area (Å²) < 4.78 is 20.5. The van der Waals surface area contributed by atoms with Gasteiger partial charge in [0.25, 0.3) is 5.91 Å². The minimum Gasteiger partial charge on any atom is -0.493 e. The summed E-state index contributed by atoms with van der Waals surface area (Å²) in [7, 11) is 3.05. The lowest BCUT2D eigenvalue weighted by Crippen LogP contribution is -2.31. The highest BCUT2D eigenvalue weighted by Crippen LogP contribution is 2.37. The van der Waals surface area contributed by atoms with E-state index in [2.05, 4.69) is 5.10 Å². The van der Waals surface area contributed by atoms with Crippen LogP contribution in [0.15, 0.2) is 57.4 Å². The van der Waals surface area contributed by atoms with Crippen LogP contribution in [0.1, 0.15) is 33.5 Å². The largest absolute Gasteiger partial charge is 0.493 e. The average Bonchev–Trinajstić information content (AvgIpc) is 3.61. The number of carbonyl (C=O) groups is 2. The molecule has 1 amide bonds. The molecule has 3 aromatic rings. The number of nitro groups is 1. The fourth-order valence-corrected chi connectivity index (χ4v) is 4.17. The molecule has 0 saturated heterocycles. The van der Waals surface area contributed by atoms with Crippen molar-refractivity contribution in [3.63, 3.8) is 0 Å². The van der Waals surface area contributed by atoms with E-state index in [9.17, 15) is 19.7 Å². The van der Waals surface area contributed by atoms with E-state index in [-0.39, 0.29) is 5.76 Å². The summed E-state index contributed by atoms with van der Waals surface area (Å²) in [6.45, 7) is -0.627. The number of amides is 1. The molecule has 2 aromatic heterocycles. The van der Waals surface area contributed by atoms with Gasteiger partial charge in [-0.15, -0.1) is 11.3 Å². The van der Waals surface area contributed by atoms with Crippen molar-refractivity contribution in [2.75, 3.05) is 20.8 Å². The first-order valence-corrected chi connectivity index (χ1v) is 10.9. The molecule has 34 heavy (non-hydrogen) atoms. The second-order valence-corrected chi connectivity index (χ2v) is 8.02. The van der Waals surface area contributed by atoms with Gasteiger partial charge in [-0.05, 0) is 35.2 Å². The van der Waals surface area contributed by atoms with E-state index >= 15 is 0 Å². The van der Waals surface area contributed by atoms with Gasteiger partial charge in [-0.3, -0.25) is 14.9 Å². The highest BCUT2D eigenvalue weighted by Gasteiger charge is 2.34. The molecule has 1 unspecified atom stereocenters. The SMILES string of the molecule is COc1ccc(C2CC(c3cccs3)=NN2C(=O)COC(=O)c2ccc([N+](=O)[O-])o2)cc1OC. The molecule has 0 fully saturated rings. The maximum Gasteiger partial charge on any atom is 0.433 e. The third-order valence-corrected chi connectivity index (χ3v) is 5.98. The van der Waals surface area contributed by atoms with Crippen molar-refractivity contribution < 1.29 is 33.1 Å². The summed E-state index contributed by atoms with van der Waals surface area (Å²) in [5, 5.41) is 18.4. The Hall–Kier alpha value is -4.19. The minimum absolute atomic E-state index is 0.375. The van der Waals surface area contributed by atoms with Crippen molar-refractivity contribution in [1.82, 2.24) is 5.01 Å². The Balaban J connectivity index is 1.54. The van der Waals surface area contributed by atoms with E-state index in [4.69, 9.17) is 18.6 Å². The van der Waals surface area contributed by atoms with Crippen LogP contribution in [-0.4, -0.2) is 48.3 Å². The maximum atomic E-state index is 13.0. The summed E-state index contributed by atoms with van der Waals surface area (Å²) >= 11 is 1.50. The van der Waals surface area contributed by atoms with Crippen molar-refractivity contribution in [2.45, 2.75) is 12.5 Å². The number of nitrogens with zero attached hydrogens (tertiary/aromatic N) is 3. The second kappa shape index (κ2) is 9.75. The third-order valence-electron chi connectivity index (χ3n) is 5.06. The van der Waals surface area contributed by atoms with Gasteiger partial charge in [0.2, 0.25) is 5.76 Å². The molecule has 1 aliphatic heterocycles. The summed E-state index contributed by atoms with van der Waals surface area (Å²) in [6, 6.07) is 10.8. The molecule has 1 aromatic carbocycles. The van der Waals surface area contributed by atoms with Crippen LogP contribution in [0.2, 0.25) is 0 Å². The van der Waals surface area contributed by atoms with Gasteiger partial charge in [-0.25, -0.2) is 9.80 Å². The average molecular weight is 485 g/mol. The van der Waals surface area contributed by atoms with Crippen LogP contribution in [0.25, 0.3) is 0 Å². The number of methoxy groups -OCH3 is 2. The van der Waals surface area contributed by atoms with Crippen LogP contribution in [0.4, 0.5) is 5.88 Å². The van der Waals surface area contributed by atoms with E-state index in [1.165, 1.54) is 30.6 Å². The highest BCUT2D eigenvalue weighted by atomic mass is 32.1. The molecule has 0 radical (unpaired) electrons. The van der Waals surface area contributed by atoms with Gasteiger partial charge in [0.05, 0.1) is 36.9 Å². The zero-order chi connectivity index (χ0) is 24.2. The lowest BCUT2D eigenvalue weighted by Gasteiger charge is -2.22. The van der Waals surface area contributed by atoms with Crippen molar-refractivity contribution in [3.8, 4) is 11.5 Å². The summed E-state index contributed by atoms with van der Waals surface area (Å²) in [5.41, 5.74) is 1.48. The van der Waals surface area contributed by atoms with Gasteiger partial charge in [0.1, 0.15) is 4.92 Å². The first kappa shape index (κ1) is 23.0. The minimum atomic E-state index is -0.995. The molecule has 0 saturated carbocycles. The molecule has 0 spiro atoms. The predicted molar refractivity (Wildman–Crippen MR) is 120 cm³/mol. The zero-order valence-corrected chi connectivity index (χ0v) is 18.9. The number of benzene rings is 1. The fraction of sp³-hybridized carbons (Fsp3) is 0.227. The molecule has 1 atom stereocenters. The van der Waals surface area contributed by atoms with E-state index in [0.717, 1.165) is 28.3 Å². The monoisotopic (exact) mass is 485 g/mol. The number of hydrazone groups is 1. The summed E-state index contributed by atoms with van der Waals surface area (Å²) in [4.78, 5) is 36.1. The van der Waals surface area contributed by atoms with Gasteiger partial charge < -0.3 is 18.6 Å². The van der Waals surface area contributed by atoms with Gasteiger partial charge in [-0.2, -0.15) is 5.10 Å². The predicted octanol–water partition coefficient (Wildman–Crippen LogP) is 3.80. The van der Waals surface area contributed by atoms with Crippen molar-refractivity contribution >= 4 is 34.8 Å². The van der Waals surface area contributed by atoms with Crippen LogP contribution in [0.5, 0.6) is 11.5 Å². The molecular formula is C22H19N3O8S. The number of thiophene rings is 1. The smallest absolute Gasteiger partial charge is 0.433 e. The molecule has 176 valence electrons. The van der Waals surface area contributed by atoms with Crippen LogP contribution >= 0.6 is 11.3 Å². The van der Waals surface area contributed by atoms with Crippen LogP contribution in [-0.2, 0) is 9.53 Å². The number of furan rings is 1. The molecule has 4 rings (SSSR count). The summed E-state index contributed by atoms with van der Waals surface area (Å²) in [5.74, 6) is -1.49. The molecule has 3 heterocycles. The Bertz CT molecular complexity index is 1250. The quantitative estimate of drug-likeness (QED) is 0.267. The number of esters is 1. The van der Waals surface area contributed by atoms with E-state index in [0.29, 0.717) is 17.9 Å². The van der Waals surface area contributed by atoms with Crippen molar-refractivity contribution in [2.24, 2.45) is 5.10 Å². The Labute approximate surface area is 197 Å². The van der Waals surface area contributed by atoms with Crippen LogP contribution in [0.3, 0.4) is 0 Å². The molecule has 0 N–H and O–H groups in total. The topological polar surface area (TPSA) is 134 Å². The second-order valence-electron chi connectivity index (χ2n) is 7.07. The number of hydrogen-bond donors (Lipinski definition) is 0. The van der Waals surface area contributed by atoms with Gasteiger partial charge in [0, 0.05) is 6.42 Å². The number of hydrogen-bond acceptors (Lipinski definition) is 10. The lowest BCUT2D eigenvalue weighted by atomic mass is 10.0. The highest BCUT2D eigenvalue weighted by molar-refractivity contribution is 7.12. The van der Waals surface area contributed by atoms with Crippen molar-refractivity contribution in [3.05, 3.63) is 74.2 Å². The van der Waals surface area contributed by atoms with Crippen LogP contribution in [0, 0.1) is 10.1 Å². The zero-order valence-electron chi connectivity index (χ0n) is 18.1. The molecule has 12 heteroatoms. The van der Waals surface area contributed by atoms with Gasteiger partial charge >= 0.3 is 11.9 Å². The standard InChI is InChI=1S/C22H19N3O8S/c1-30-16-6-5-13(10-18(16)31-2)15-11-14(19-4-3-9-34-19)23-24(15)20(26)12-32-22(27)17-7-8-21(33-17)25(28)29/h3-10,15H,11-12H2,1-2H3. The molecule has 0 aliphatic carbocycles. The third kappa shape index (κ3) is 4.62. The van der Waals surface area contributed by atoms with Gasteiger partial charge in [0.15, 0.2) is 18.1 Å². The molecule has 1 aliphatic rings. The Morgan fingerprint density at radius 3 is 2.65 bits per heavy atom. The summed E-state index contributed by atoms with van der Waals surface area (Å²) in [6.07, 6.45) is 0.445. The number of ether oxygens (including phenoxy) is 3. The van der Waals surface area contributed by atoms with Crippen molar-refractivity contribution in [1.29, 1.82) is 0 Å². The Morgan fingerprint density at radius 1 is 1.21 bits per heavy atom. The van der Waals surface area contributed by atoms with E-state index in [1.54, 1.807) is 12.1 Å². The van der Waals surface area contributed by atoms with E-state index in [1.807, 2.05) is 23.6 Å². The number of carbonyl (C=O) groups excluding carboxylic acids is 2. The van der Waals surface area contributed by atoms with Crippen LogP contribution < -0.4 is 9.47 Å². The number of rotatable bonds is 8. The molecule has 11 nitrogen and oxygen atoms in total. The molecular weight excluding hydrogens is 466 g/mol. The maximum absolute atomic E-state index is 13.0. The first-order chi connectivity index (χ1) is 16.4. The first-order valence-electron chi connectivity index (χ1n) is 9.98. The fourth-order valence-electron chi connectivity index (χ4n) is 3.45.